The highest BCUT2D eigenvalue weighted by molar-refractivity contribution is 6.07. The Balaban J connectivity index is 1.05. The maximum Gasteiger partial charge on any atom is 0.160 e. The summed E-state index contributed by atoms with van der Waals surface area (Å²) in [7, 11) is 0. The number of hydrogen-bond donors (Lipinski definition) is 0. The van der Waals surface area contributed by atoms with E-state index in [2.05, 4.69) is 237 Å². The van der Waals surface area contributed by atoms with Crippen molar-refractivity contribution in [3.05, 3.63) is 265 Å². The van der Waals surface area contributed by atoms with Crippen molar-refractivity contribution >= 4 is 21.5 Å². The fourth-order valence-electron chi connectivity index (χ4n) is 10.2. The van der Waals surface area contributed by atoms with E-state index in [0.29, 0.717) is 5.82 Å². The van der Waals surface area contributed by atoms with Gasteiger partial charge in [0.15, 0.2) is 5.82 Å². The summed E-state index contributed by atoms with van der Waals surface area (Å²) in [6, 6.07) is 87.8. The van der Waals surface area contributed by atoms with Crippen molar-refractivity contribution in [3.8, 4) is 67.3 Å². The minimum Gasteiger partial charge on any atom is -0.228 e. The van der Waals surface area contributed by atoms with E-state index >= 15 is 0 Å². The maximum absolute atomic E-state index is 5.33. The van der Waals surface area contributed by atoms with Gasteiger partial charge in [0, 0.05) is 16.7 Å². The van der Waals surface area contributed by atoms with Crippen molar-refractivity contribution in [2.24, 2.45) is 0 Å². The van der Waals surface area contributed by atoms with Crippen molar-refractivity contribution in [1.29, 1.82) is 0 Å². The lowest BCUT2D eigenvalue weighted by Crippen LogP contribution is -2.29. The lowest BCUT2D eigenvalue weighted by Gasteiger charge is -2.35. The summed E-state index contributed by atoms with van der Waals surface area (Å²) < 4.78 is 0. The van der Waals surface area contributed by atoms with Crippen molar-refractivity contribution < 1.29 is 0 Å². The highest BCUT2D eigenvalue weighted by atomic mass is 14.9. The van der Waals surface area contributed by atoms with E-state index in [4.69, 9.17) is 9.97 Å². The summed E-state index contributed by atoms with van der Waals surface area (Å²) in [6.07, 6.45) is 0. The molecule has 10 aromatic carbocycles. The largest absolute Gasteiger partial charge is 0.228 e. The van der Waals surface area contributed by atoms with Crippen LogP contribution in [0.3, 0.4) is 0 Å². The van der Waals surface area contributed by atoms with Crippen LogP contribution >= 0.6 is 0 Å². The first-order valence-electron chi connectivity index (χ1n) is 21.7. The second-order valence-electron chi connectivity index (χ2n) is 16.4. The Morgan fingerprint density at radius 2 is 0.778 bits per heavy atom. The SMILES string of the molecule is c1ccc(-c2nc(-c3ccc(-c4cccc5ccccc45)cc3)cc(-c3ccc(-c4cccc5c4C(c4ccccc4)(c4ccccc4)c4ccccc4-5)c4ccccc34)n2)cc1. The van der Waals surface area contributed by atoms with Crippen LogP contribution in [0.15, 0.2) is 243 Å². The molecule has 1 aromatic heterocycles. The van der Waals surface area contributed by atoms with E-state index in [1.807, 2.05) is 6.07 Å². The smallest absolute Gasteiger partial charge is 0.160 e. The quantitative estimate of drug-likeness (QED) is 0.160. The predicted octanol–water partition coefficient (Wildman–Crippen LogP) is 15.5. The predicted molar refractivity (Wildman–Crippen MR) is 262 cm³/mol. The van der Waals surface area contributed by atoms with Gasteiger partial charge in [-0.3, -0.25) is 0 Å². The molecule has 1 aliphatic carbocycles. The first-order valence-corrected chi connectivity index (χ1v) is 21.7. The van der Waals surface area contributed by atoms with Gasteiger partial charge < -0.3 is 0 Å². The average Bonchev–Trinajstić information content (AvgIpc) is 3.68. The molecule has 0 saturated heterocycles. The van der Waals surface area contributed by atoms with Gasteiger partial charge in [-0.2, -0.15) is 0 Å². The fraction of sp³-hybridized carbons (Fsp3) is 0.0164. The molecule has 2 nitrogen and oxygen atoms in total. The first-order chi connectivity index (χ1) is 31.3. The number of fused-ring (bicyclic) bond motifs is 5. The molecule has 1 aliphatic rings. The van der Waals surface area contributed by atoms with E-state index in [9.17, 15) is 0 Å². The van der Waals surface area contributed by atoms with E-state index in [1.54, 1.807) is 0 Å². The average molecular weight is 801 g/mol. The van der Waals surface area contributed by atoms with Crippen LogP contribution in [-0.4, -0.2) is 9.97 Å². The maximum atomic E-state index is 5.33. The van der Waals surface area contributed by atoms with Gasteiger partial charge in [-0.25, -0.2) is 9.97 Å². The van der Waals surface area contributed by atoms with Gasteiger partial charge in [0.05, 0.1) is 16.8 Å². The van der Waals surface area contributed by atoms with Crippen LogP contribution < -0.4 is 0 Å². The molecule has 0 amide bonds. The Labute approximate surface area is 367 Å². The van der Waals surface area contributed by atoms with Crippen molar-refractivity contribution in [2.45, 2.75) is 5.41 Å². The van der Waals surface area contributed by atoms with E-state index in [1.165, 1.54) is 71.8 Å². The van der Waals surface area contributed by atoms with Crippen LogP contribution in [0.5, 0.6) is 0 Å². The zero-order valence-corrected chi connectivity index (χ0v) is 34.5. The van der Waals surface area contributed by atoms with Gasteiger partial charge in [0.2, 0.25) is 0 Å². The summed E-state index contributed by atoms with van der Waals surface area (Å²) in [4.78, 5) is 10.5. The molecule has 12 rings (SSSR count). The Bertz CT molecular complexity index is 3440. The summed E-state index contributed by atoms with van der Waals surface area (Å²) in [5, 5.41) is 4.80. The first kappa shape index (κ1) is 36.6. The second kappa shape index (κ2) is 15.1. The molecule has 0 atom stereocenters. The molecule has 0 radical (unpaired) electrons. The molecule has 1 heterocycles. The molecule has 0 unspecified atom stereocenters. The van der Waals surface area contributed by atoms with Crippen LogP contribution in [0.25, 0.3) is 88.8 Å². The highest BCUT2D eigenvalue weighted by Gasteiger charge is 2.47. The van der Waals surface area contributed by atoms with Crippen LogP contribution in [-0.2, 0) is 5.41 Å². The third-order valence-corrected chi connectivity index (χ3v) is 13.0. The van der Waals surface area contributed by atoms with Gasteiger partial charge in [0.25, 0.3) is 0 Å². The third kappa shape index (κ3) is 5.95. The molecule has 11 aromatic rings. The summed E-state index contributed by atoms with van der Waals surface area (Å²) >= 11 is 0. The van der Waals surface area contributed by atoms with Crippen molar-refractivity contribution in [2.75, 3.05) is 0 Å². The molecule has 0 saturated carbocycles. The zero-order chi connectivity index (χ0) is 41.7. The molecule has 63 heavy (non-hydrogen) atoms. The number of benzene rings is 10. The number of aromatic nitrogens is 2. The lowest BCUT2D eigenvalue weighted by molar-refractivity contribution is 0.770. The van der Waals surface area contributed by atoms with Gasteiger partial charge in [0.1, 0.15) is 0 Å². The van der Waals surface area contributed by atoms with Gasteiger partial charge in [-0.15, -0.1) is 0 Å². The van der Waals surface area contributed by atoms with Gasteiger partial charge >= 0.3 is 0 Å². The molecule has 2 heteroatoms. The summed E-state index contributed by atoms with van der Waals surface area (Å²) in [5.41, 5.74) is 16.8. The Hall–Kier alpha value is -8.20. The third-order valence-electron chi connectivity index (χ3n) is 13.0. The zero-order valence-electron chi connectivity index (χ0n) is 34.5. The minimum atomic E-state index is -0.528. The Kier molecular flexibility index (Phi) is 8.76. The van der Waals surface area contributed by atoms with E-state index < -0.39 is 5.41 Å². The lowest BCUT2D eigenvalue weighted by atomic mass is 9.66. The minimum absolute atomic E-state index is 0.528. The molecular weight excluding hydrogens is 761 g/mol. The topological polar surface area (TPSA) is 25.8 Å². The monoisotopic (exact) mass is 800 g/mol. The van der Waals surface area contributed by atoms with Crippen molar-refractivity contribution in [1.82, 2.24) is 9.97 Å². The Morgan fingerprint density at radius 3 is 1.51 bits per heavy atom. The number of rotatable bonds is 7. The van der Waals surface area contributed by atoms with Crippen molar-refractivity contribution in [3.63, 3.8) is 0 Å². The molecule has 0 N–H and O–H groups in total. The normalized spacial score (nSPS) is 12.6. The molecule has 294 valence electrons. The van der Waals surface area contributed by atoms with Crippen LogP contribution in [0.2, 0.25) is 0 Å². The Morgan fingerprint density at radius 1 is 0.286 bits per heavy atom. The number of hydrogen-bond acceptors (Lipinski definition) is 2. The molecule has 0 bridgehead atoms. The molecule has 0 aliphatic heterocycles. The van der Waals surface area contributed by atoms with Crippen LogP contribution in [0.1, 0.15) is 22.3 Å². The van der Waals surface area contributed by atoms with Crippen LogP contribution in [0, 0.1) is 0 Å². The number of nitrogens with zero attached hydrogens (tertiary/aromatic N) is 2. The highest BCUT2D eigenvalue weighted by Crippen LogP contribution is 2.59. The van der Waals surface area contributed by atoms with E-state index in [0.717, 1.165) is 33.5 Å². The summed E-state index contributed by atoms with van der Waals surface area (Å²) in [6.45, 7) is 0. The molecule has 0 spiro atoms. The summed E-state index contributed by atoms with van der Waals surface area (Å²) in [5.74, 6) is 0.698. The van der Waals surface area contributed by atoms with Gasteiger partial charge in [-0.1, -0.05) is 237 Å². The standard InChI is InChI=1S/C61H40N2/c1-4-19-44(20-5-1)60-62-57(43-36-34-42(35-37-43)48-30-16-21-41-18-10-11-26-47(41)48)40-58(63-60)53-39-38-51(49-27-12-13-28-50(49)53)54-31-17-32-55-52-29-14-15-33-56(52)61(59(54)55,45-22-6-2-7-23-45)46-24-8-3-9-25-46/h1-40H. The van der Waals surface area contributed by atoms with Crippen LogP contribution in [0.4, 0.5) is 0 Å². The molecule has 0 fully saturated rings. The fourth-order valence-corrected chi connectivity index (χ4v) is 10.2. The molecular formula is C61H40N2. The van der Waals surface area contributed by atoms with Gasteiger partial charge in [-0.05, 0) is 83.2 Å². The van der Waals surface area contributed by atoms with E-state index in [-0.39, 0.29) is 0 Å². The second-order valence-corrected chi connectivity index (χ2v) is 16.4.